The van der Waals surface area contributed by atoms with Crippen LogP contribution in [0.3, 0.4) is 0 Å². The van der Waals surface area contributed by atoms with Crippen molar-refractivity contribution in [3.05, 3.63) is 65.7 Å². The van der Waals surface area contributed by atoms with Crippen molar-refractivity contribution in [3.63, 3.8) is 0 Å². The van der Waals surface area contributed by atoms with Gasteiger partial charge in [0.05, 0.1) is 11.3 Å². The average molecular weight is 306 g/mol. The summed E-state index contributed by atoms with van der Waals surface area (Å²) < 4.78 is 0. The van der Waals surface area contributed by atoms with Gasteiger partial charge < -0.3 is 15.2 Å². The molecule has 0 amide bonds. The maximum absolute atomic E-state index is 10.1. The van der Waals surface area contributed by atoms with Crippen LogP contribution >= 0.6 is 0 Å². The van der Waals surface area contributed by atoms with Crippen molar-refractivity contribution in [1.29, 1.82) is 0 Å². The minimum absolute atomic E-state index is 0.0989. The maximum atomic E-state index is 10.1. The molecule has 0 saturated carbocycles. The number of nitrogens with zero attached hydrogens (tertiary/aromatic N) is 1. The predicted octanol–water partition coefficient (Wildman–Crippen LogP) is 3.80. The Morgan fingerprint density at radius 2 is 1.91 bits per heavy atom. The summed E-state index contributed by atoms with van der Waals surface area (Å²) in [6.07, 6.45) is 4.06. The second-order valence-corrected chi connectivity index (χ2v) is 5.29. The van der Waals surface area contributed by atoms with Crippen LogP contribution in [0.1, 0.15) is 16.7 Å². The van der Waals surface area contributed by atoms with Gasteiger partial charge in [-0.1, -0.05) is 36.9 Å². The molecule has 3 N–H and O–H groups in total. The maximum Gasteiger partial charge on any atom is 0.198 e. The topological polar surface area (TPSA) is 68.6 Å². The first-order chi connectivity index (χ1) is 11.2. The highest BCUT2D eigenvalue weighted by atomic mass is 16.3. The summed E-state index contributed by atoms with van der Waals surface area (Å²) in [5, 5.41) is 19.9. The third-order valence-electron chi connectivity index (χ3n) is 3.76. The zero-order valence-corrected chi connectivity index (χ0v) is 12.7. The van der Waals surface area contributed by atoms with Crippen molar-refractivity contribution in [1.82, 2.24) is 4.98 Å². The van der Waals surface area contributed by atoms with Crippen LogP contribution in [0.4, 0.5) is 5.69 Å². The van der Waals surface area contributed by atoms with Gasteiger partial charge >= 0.3 is 0 Å². The lowest BCUT2D eigenvalue weighted by molar-refractivity contribution is 0.299. The van der Waals surface area contributed by atoms with Crippen molar-refractivity contribution in [2.24, 2.45) is 4.99 Å². The van der Waals surface area contributed by atoms with Gasteiger partial charge in [0.15, 0.2) is 5.88 Å². The molecule has 0 spiro atoms. The summed E-state index contributed by atoms with van der Waals surface area (Å²) in [6, 6.07) is 13.5. The minimum Gasteiger partial charge on any atom is -0.494 e. The van der Waals surface area contributed by atoms with Crippen molar-refractivity contribution < 1.29 is 10.2 Å². The van der Waals surface area contributed by atoms with E-state index in [2.05, 4.69) is 16.6 Å². The highest BCUT2D eigenvalue weighted by molar-refractivity contribution is 6.03. The molecule has 0 fully saturated rings. The fraction of sp³-hybridized carbons (Fsp3) is 0.105. The van der Waals surface area contributed by atoms with Crippen LogP contribution in [0.2, 0.25) is 0 Å². The van der Waals surface area contributed by atoms with Crippen LogP contribution in [0.5, 0.6) is 5.88 Å². The number of rotatable bonds is 5. The molecule has 0 atom stereocenters. The molecule has 0 bridgehead atoms. The highest BCUT2D eigenvalue weighted by Gasteiger charge is 2.08. The Labute approximate surface area is 134 Å². The van der Waals surface area contributed by atoms with Gasteiger partial charge in [-0.3, -0.25) is 4.99 Å². The van der Waals surface area contributed by atoms with E-state index in [0.717, 1.165) is 27.7 Å². The third kappa shape index (κ3) is 3.17. The Morgan fingerprint density at radius 1 is 1.13 bits per heavy atom. The molecule has 0 unspecified atom stereocenters. The predicted molar refractivity (Wildman–Crippen MR) is 94.5 cm³/mol. The first-order valence-electron chi connectivity index (χ1n) is 7.42. The fourth-order valence-corrected chi connectivity index (χ4v) is 2.50. The van der Waals surface area contributed by atoms with Crippen LogP contribution in [0, 0.1) is 0 Å². The Bertz CT molecular complexity index is 861. The van der Waals surface area contributed by atoms with E-state index in [1.807, 2.05) is 42.5 Å². The zero-order chi connectivity index (χ0) is 16.2. The van der Waals surface area contributed by atoms with Gasteiger partial charge in [-0.05, 0) is 35.7 Å². The monoisotopic (exact) mass is 306 g/mol. The summed E-state index contributed by atoms with van der Waals surface area (Å²) in [5.41, 5.74) is 4.36. The van der Waals surface area contributed by atoms with Crippen LogP contribution < -0.4 is 0 Å². The van der Waals surface area contributed by atoms with Crippen molar-refractivity contribution in [2.75, 3.05) is 6.61 Å². The van der Waals surface area contributed by atoms with E-state index >= 15 is 0 Å². The van der Waals surface area contributed by atoms with E-state index in [1.165, 1.54) is 0 Å². The van der Waals surface area contributed by atoms with E-state index < -0.39 is 0 Å². The van der Waals surface area contributed by atoms with Crippen LogP contribution in [-0.4, -0.2) is 28.0 Å². The van der Waals surface area contributed by atoms with Gasteiger partial charge in [-0.25, -0.2) is 0 Å². The number of aromatic hydroxyl groups is 1. The first kappa shape index (κ1) is 15.1. The third-order valence-corrected chi connectivity index (χ3v) is 3.76. The van der Waals surface area contributed by atoms with E-state index in [-0.39, 0.29) is 12.5 Å². The zero-order valence-electron chi connectivity index (χ0n) is 12.7. The van der Waals surface area contributed by atoms with Gasteiger partial charge in [0.1, 0.15) is 0 Å². The number of aliphatic imine (C=N–C) groups is 1. The van der Waals surface area contributed by atoms with Gasteiger partial charge in [0.25, 0.3) is 0 Å². The normalized spacial score (nSPS) is 11.3. The number of fused-ring (bicyclic) bond motifs is 1. The molecule has 4 nitrogen and oxygen atoms in total. The summed E-state index contributed by atoms with van der Waals surface area (Å²) in [6.45, 7) is 3.88. The molecule has 2 aromatic carbocycles. The van der Waals surface area contributed by atoms with Crippen molar-refractivity contribution >= 4 is 28.9 Å². The second-order valence-electron chi connectivity index (χ2n) is 5.29. The lowest BCUT2D eigenvalue weighted by Gasteiger charge is -1.99. The largest absolute Gasteiger partial charge is 0.494 e. The standard InChI is InChI=1S/C19H18N2O2/c1-2-13-5-8-16-17(19(23)21-18(16)11-13)12-20-15-6-3-14(4-7-15)9-10-22/h2-8,11-12,21-23H,1,9-10H2. The smallest absolute Gasteiger partial charge is 0.198 e. The van der Waals surface area contributed by atoms with E-state index in [1.54, 1.807) is 12.3 Å². The van der Waals surface area contributed by atoms with Gasteiger partial charge in [-0.15, -0.1) is 0 Å². The number of nitrogens with one attached hydrogen (secondary N) is 1. The number of benzene rings is 2. The van der Waals surface area contributed by atoms with E-state index in [0.29, 0.717) is 12.0 Å². The lowest BCUT2D eigenvalue weighted by Crippen LogP contribution is -1.88. The molecule has 1 aromatic heterocycles. The van der Waals surface area contributed by atoms with E-state index in [4.69, 9.17) is 5.11 Å². The van der Waals surface area contributed by atoms with Crippen LogP contribution in [0.15, 0.2) is 54.0 Å². The summed E-state index contributed by atoms with van der Waals surface area (Å²) in [5.74, 6) is 0.0989. The molecule has 4 heteroatoms. The Balaban J connectivity index is 1.91. The molecule has 1 heterocycles. The quantitative estimate of drug-likeness (QED) is 0.628. The van der Waals surface area contributed by atoms with Gasteiger partial charge in [0.2, 0.25) is 0 Å². The number of H-pyrrole nitrogens is 1. The molecule has 23 heavy (non-hydrogen) atoms. The Hall–Kier alpha value is -2.85. The second kappa shape index (κ2) is 6.50. The molecular weight excluding hydrogens is 288 g/mol. The number of aliphatic hydroxyl groups excluding tert-OH is 1. The molecular formula is C19H18N2O2. The van der Waals surface area contributed by atoms with E-state index in [9.17, 15) is 5.11 Å². The number of aromatic amines is 1. The minimum atomic E-state index is 0.0989. The van der Waals surface area contributed by atoms with Gasteiger partial charge in [-0.2, -0.15) is 0 Å². The Morgan fingerprint density at radius 3 is 2.61 bits per heavy atom. The molecule has 0 aliphatic rings. The Kier molecular flexibility index (Phi) is 4.26. The van der Waals surface area contributed by atoms with Crippen LogP contribution in [-0.2, 0) is 6.42 Å². The van der Waals surface area contributed by atoms with Crippen molar-refractivity contribution in [2.45, 2.75) is 6.42 Å². The molecule has 3 aromatic rings. The molecule has 3 rings (SSSR count). The summed E-state index contributed by atoms with van der Waals surface area (Å²) in [4.78, 5) is 7.37. The lowest BCUT2D eigenvalue weighted by atomic mass is 10.1. The number of hydrogen-bond donors (Lipinski definition) is 3. The first-order valence-corrected chi connectivity index (χ1v) is 7.42. The molecule has 0 saturated heterocycles. The summed E-state index contributed by atoms with van der Waals surface area (Å²) >= 11 is 0. The average Bonchev–Trinajstić information content (AvgIpc) is 2.89. The van der Waals surface area contributed by atoms with Crippen LogP contribution in [0.25, 0.3) is 17.0 Å². The van der Waals surface area contributed by atoms with Gasteiger partial charge in [0, 0.05) is 23.7 Å². The fourth-order valence-electron chi connectivity index (χ4n) is 2.50. The highest BCUT2D eigenvalue weighted by Crippen LogP contribution is 2.27. The SMILES string of the molecule is C=Cc1ccc2c(C=Nc3ccc(CCO)cc3)c(O)[nH]c2c1. The summed E-state index contributed by atoms with van der Waals surface area (Å²) in [7, 11) is 0. The molecule has 0 aliphatic carbocycles. The molecule has 0 radical (unpaired) electrons. The molecule has 0 aliphatic heterocycles. The molecule has 116 valence electrons. The number of aromatic nitrogens is 1. The van der Waals surface area contributed by atoms with Crippen molar-refractivity contribution in [3.8, 4) is 5.88 Å². The number of hydrogen-bond acceptors (Lipinski definition) is 3. The number of aliphatic hydroxyl groups is 1.